The highest BCUT2D eigenvalue weighted by Crippen LogP contribution is 2.13. The molecule has 0 spiro atoms. The van der Waals surface area contributed by atoms with Gasteiger partial charge in [0.05, 0.1) is 11.9 Å². The van der Waals surface area contributed by atoms with Crippen LogP contribution in [0.1, 0.15) is 5.69 Å². The minimum atomic E-state index is 0.411. The molecule has 0 bridgehead atoms. The summed E-state index contributed by atoms with van der Waals surface area (Å²) in [5.41, 5.74) is 7.11. The topological polar surface area (TPSA) is 56.2 Å². The second-order valence-corrected chi connectivity index (χ2v) is 3.17. The number of hydrogen-bond donors (Lipinski definition) is 1. The third kappa shape index (κ3) is 1.02. The van der Waals surface area contributed by atoms with Crippen LogP contribution in [0.5, 0.6) is 0 Å². The Kier molecular flexibility index (Phi) is 1.82. The fourth-order valence-electron chi connectivity index (χ4n) is 1.08. The van der Waals surface area contributed by atoms with Gasteiger partial charge < -0.3 is 5.73 Å². The van der Waals surface area contributed by atoms with Crippen molar-refractivity contribution in [3.63, 3.8) is 0 Å². The highest BCUT2D eigenvalue weighted by molar-refractivity contribution is 9.10. The van der Waals surface area contributed by atoms with E-state index in [9.17, 15) is 0 Å². The Labute approximate surface area is 77.6 Å². The van der Waals surface area contributed by atoms with Crippen LogP contribution in [0, 0.1) is 0 Å². The van der Waals surface area contributed by atoms with Crippen molar-refractivity contribution in [2.45, 2.75) is 6.54 Å². The van der Waals surface area contributed by atoms with Crippen LogP contribution in [-0.2, 0) is 6.54 Å². The summed E-state index contributed by atoms with van der Waals surface area (Å²) >= 11 is 3.36. The molecule has 4 nitrogen and oxygen atoms in total. The van der Waals surface area contributed by atoms with Crippen molar-refractivity contribution < 1.29 is 0 Å². The van der Waals surface area contributed by atoms with Gasteiger partial charge in [-0.1, -0.05) is 0 Å². The Morgan fingerprint density at radius 3 is 3.08 bits per heavy atom. The highest BCUT2D eigenvalue weighted by Gasteiger charge is 2.03. The quantitative estimate of drug-likeness (QED) is 0.788. The van der Waals surface area contributed by atoms with E-state index >= 15 is 0 Å². The Morgan fingerprint density at radius 2 is 2.33 bits per heavy atom. The molecule has 0 aliphatic carbocycles. The summed E-state index contributed by atoms with van der Waals surface area (Å²) in [5.74, 6) is 0. The number of aromatic nitrogens is 3. The number of hydrogen-bond acceptors (Lipinski definition) is 3. The summed E-state index contributed by atoms with van der Waals surface area (Å²) in [6.07, 6.45) is 5.30. The van der Waals surface area contributed by atoms with Gasteiger partial charge in [0.25, 0.3) is 0 Å². The Hall–Kier alpha value is -0.940. The maximum Gasteiger partial charge on any atom is 0.160 e. The smallest absolute Gasteiger partial charge is 0.160 e. The summed E-state index contributed by atoms with van der Waals surface area (Å²) in [6.45, 7) is 0.411. The van der Waals surface area contributed by atoms with E-state index in [1.54, 1.807) is 12.4 Å². The van der Waals surface area contributed by atoms with Crippen LogP contribution in [-0.4, -0.2) is 14.4 Å². The average molecular weight is 227 g/mol. The van der Waals surface area contributed by atoms with Crippen LogP contribution in [0.3, 0.4) is 0 Å². The Balaban J connectivity index is 2.82. The van der Waals surface area contributed by atoms with Gasteiger partial charge in [-0.05, 0) is 15.9 Å². The second kappa shape index (κ2) is 2.84. The first-order valence-electron chi connectivity index (χ1n) is 3.49. The summed E-state index contributed by atoms with van der Waals surface area (Å²) < 4.78 is 2.78. The molecular formula is C7H7BrN4. The van der Waals surface area contributed by atoms with E-state index in [0.717, 1.165) is 15.9 Å². The van der Waals surface area contributed by atoms with Crippen LogP contribution in [0.4, 0.5) is 0 Å². The molecule has 2 heterocycles. The summed E-state index contributed by atoms with van der Waals surface area (Å²) in [4.78, 5) is 8.28. The standard InChI is InChI=1S/C7H7BrN4/c8-6-4-11-5(3-9)7-10-1-2-12(6)7/h1-2,4H,3,9H2. The zero-order chi connectivity index (χ0) is 8.55. The molecule has 5 heteroatoms. The summed E-state index contributed by atoms with van der Waals surface area (Å²) in [5, 5.41) is 0. The number of rotatable bonds is 1. The Morgan fingerprint density at radius 1 is 1.50 bits per heavy atom. The third-order valence-electron chi connectivity index (χ3n) is 1.65. The largest absolute Gasteiger partial charge is 0.325 e. The monoisotopic (exact) mass is 226 g/mol. The van der Waals surface area contributed by atoms with Crippen molar-refractivity contribution in [1.82, 2.24) is 14.4 Å². The van der Waals surface area contributed by atoms with Gasteiger partial charge in [0.15, 0.2) is 5.65 Å². The summed E-state index contributed by atoms with van der Waals surface area (Å²) in [6, 6.07) is 0. The SMILES string of the molecule is NCc1ncc(Br)n2ccnc12. The molecule has 0 atom stereocenters. The van der Waals surface area contributed by atoms with Gasteiger partial charge in [0, 0.05) is 18.9 Å². The molecule has 0 saturated carbocycles. The molecular weight excluding hydrogens is 220 g/mol. The molecule has 0 saturated heterocycles. The molecule has 0 radical (unpaired) electrons. The molecule has 0 fully saturated rings. The molecule has 0 aliphatic rings. The lowest BCUT2D eigenvalue weighted by Crippen LogP contribution is -2.03. The number of nitrogens with two attached hydrogens (primary N) is 1. The van der Waals surface area contributed by atoms with Gasteiger partial charge in [-0.15, -0.1) is 0 Å². The number of fused-ring (bicyclic) bond motifs is 1. The van der Waals surface area contributed by atoms with Gasteiger partial charge in [-0.3, -0.25) is 9.38 Å². The minimum Gasteiger partial charge on any atom is -0.325 e. The van der Waals surface area contributed by atoms with Gasteiger partial charge >= 0.3 is 0 Å². The van der Waals surface area contributed by atoms with Crippen LogP contribution >= 0.6 is 15.9 Å². The predicted molar refractivity (Wildman–Crippen MR) is 48.6 cm³/mol. The number of nitrogens with zero attached hydrogens (tertiary/aromatic N) is 3. The molecule has 0 aromatic carbocycles. The average Bonchev–Trinajstić information content (AvgIpc) is 2.54. The molecule has 2 aromatic rings. The zero-order valence-corrected chi connectivity index (χ0v) is 7.82. The van der Waals surface area contributed by atoms with E-state index in [0.29, 0.717) is 6.54 Å². The van der Waals surface area contributed by atoms with Gasteiger partial charge in [0.1, 0.15) is 4.60 Å². The predicted octanol–water partition coefficient (Wildman–Crippen LogP) is 0.950. The summed E-state index contributed by atoms with van der Waals surface area (Å²) in [7, 11) is 0. The number of halogens is 1. The highest BCUT2D eigenvalue weighted by atomic mass is 79.9. The van der Waals surface area contributed by atoms with Crippen molar-refractivity contribution in [3.8, 4) is 0 Å². The minimum absolute atomic E-state index is 0.411. The lowest BCUT2D eigenvalue weighted by molar-refractivity contribution is 0.951. The molecule has 2 aromatic heterocycles. The zero-order valence-electron chi connectivity index (χ0n) is 6.24. The van der Waals surface area contributed by atoms with Crippen molar-refractivity contribution in [3.05, 3.63) is 28.9 Å². The fraction of sp³-hybridized carbons (Fsp3) is 0.143. The van der Waals surface area contributed by atoms with Crippen molar-refractivity contribution in [2.24, 2.45) is 5.73 Å². The van der Waals surface area contributed by atoms with Crippen LogP contribution in [0.25, 0.3) is 5.65 Å². The van der Waals surface area contributed by atoms with E-state index in [2.05, 4.69) is 25.9 Å². The molecule has 0 aliphatic heterocycles. The van der Waals surface area contributed by atoms with E-state index in [1.165, 1.54) is 0 Å². The first-order valence-corrected chi connectivity index (χ1v) is 4.28. The fourth-order valence-corrected chi connectivity index (χ4v) is 1.47. The maximum atomic E-state index is 5.49. The lowest BCUT2D eigenvalue weighted by Gasteiger charge is -2.00. The van der Waals surface area contributed by atoms with Crippen LogP contribution in [0.2, 0.25) is 0 Å². The van der Waals surface area contributed by atoms with E-state index in [1.807, 2.05) is 10.6 Å². The molecule has 2 rings (SSSR count). The number of imidazole rings is 1. The molecule has 0 unspecified atom stereocenters. The lowest BCUT2D eigenvalue weighted by atomic mass is 10.4. The van der Waals surface area contributed by atoms with E-state index in [4.69, 9.17) is 5.73 Å². The van der Waals surface area contributed by atoms with Gasteiger partial charge in [-0.2, -0.15) is 0 Å². The van der Waals surface area contributed by atoms with Crippen LogP contribution in [0.15, 0.2) is 23.2 Å². The Bertz CT molecular complexity index is 409. The molecule has 2 N–H and O–H groups in total. The maximum absolute atomic E-state index is 5.49. The van der Waals surface area contributed by atoms with Crippen LogP contribution < -0.4 is 5.73 Å². The van der Waals surface area contributed by atoms with Crippen molar-refractivity contribution >= 4 is 21.6 Å². The molecule has 12 heavy (non-hydrogen) atoms. The van der Waals surface area contributed by atoms with Gasteiger partial charge in [-0.25, -0.2) is 4.98 Å². The van der Waals surface area contributed by atoms with Crippen molar-refractivity contribution in [1.29, 1.82) is 0 Å². The first-order chi connectivity index (χ1) is 5.83. The molecule has 62 valence electrons. The van der Waals surface area contributed by atoms with E-state index < -0.39 is 0 Å². The van der Waals surface area contributed by atoms with Crippen molar-refractivity contribution in [2.75, 3.05) is 0 Å². The third-order valence-corrected chi connectivity index (χ3v) is 2.24. The molecule has 0 amide bonds. The van der Waals surface area contributed by atoms with E-state index in [-0.39, 0.29) is 0 Å². The first kappa shape index (κ1) is 7.70. The second-order valence-electron chi connectivity index (χ2n) is 2.35. The van der Waals surface area contributed by atoms with Gasteiger partial charge in [0.2, 0.25) is 0 Å². The normalized spacial score (nSPS) is 10.8.